The number of aromatic nitrogens is 1. The molecule has 0 unspecified atom stereocenters. The van der Waals surface area contributed by atoms with Gasteiger partial charge in [0, 0.05) is 11.1 Å². The molecule has 0 aliphatic heterocycles. The molecule has 0 bridgehead atoms. The molecule has 1 aromatic heterocycles. The average molecular weight is 400 g/mol. The first-order chi connectivity index (χ1) is 13.4. The SMILES string of the molecule is COc1cc(C)ccc1NC(=O)c1csc(NC(=O)Nc2ccc(F)cc2)n1. The van der Waals surface area contributed by atoms with Crippen LogP contribution < -0.4 is 20.7 Å². The van der Waals surface area contributed by atoms with Crippen LogP contribution in [0.2, 0.25) is 0 Å². The molecule has 0 fully saturated rings. The van der Waals surface area contributed by atoms with Crippen LogP contribution in [0, 0.1) is 12.7 Å². The second-order valence-corrected chi connectivity index (χ2v) is 6.64. The predicted molar refractivity (Wildman–Crippen MR) is 107 cm³/mol. The van der Waals surface area contributed by atoms with Crippen molar-refractivity contribution >= 4 is 39.8 Å². The first-order valence-corrected chi connectivity index (χ1v) is 9.07. The van der Waals surface area contributed by atoms with Gasteiger partial charge in [0.15, 0.2) is 5.13 Å². The Morgan fingerprint density at radius 1 is 1.07 bits per heavy atom. The number of benzene rings is 2. The molecular weight excluding hydrogens is 383 g/mol. The van der Waals surface area contributed by atoms with E-state index >= 15 is 0 Å². The number of aryl methyl sites for hydroxylation is 1. The van der Waals surface area contributed by atoms with Crippen LogP contribution in [0.15, 0.2) is 47.8 Å². The number of methoxy groups -OCH3 is 1. The second-order valence-electron chi connectivity index (χ2n) is 5.78. The second kappa shape index (κ2) is 8.49. The zero-order valence-electron chi connectivity index (χ0n) is 15.1. The highest BCUT2D eigenvalue weighted by molar-refractivity contribution is 7.14. The molecule has 144 valence electrons. The van der Waals surface area contributed by atoms with Crippen molar-refractivity contribution < 1.29 is 18.7 Å². The van der Waals surface area contributed by atoms with Gasteiger partial charge in [-0.15, -0.1) is 11.3 Å². The van der Waals surface area contributed by atoms with E-state index in [1.54, 1.807) is 6.07 Å². The van der Waals surface area contributed by atoms with E-state index < -0.39 is 17.8 Å². The molecule has 3 aromatic rings. The van der Waals surface area contributed by atoms with Crippen molar-refractivity contribution in [3.05, 3.63) is 64.9 Å². The van der Waals surface area contributed by atoms with E-state index in [0.29, 0.717) is 17.1 Å². The average Bonchev–Trinajstić information content (AvgIpc) is 3.13. The van der Waals surface area contributed by atoms with Crippen LogP contribution in [0.25, 0.3) is 0 Å². The van der Waals surface area contributed by atoms with Crippen LogP contribution in [0.4, 0.5) is 25.7 Å². The van der Waals surface area contributed by atoms with E-state index in [2.05, 4.69) is 20.9 Å². The molecule has 3 N–H and O–H groups in total. The number of amides is 3. The fourth-order valence-electron chi connectivity index (χ4n) is 2.32. The van der Waals surface area contributed by atoms with E-state index in [-0.39, 0.29) is 10.8 Å². The van der Waals surface area contributed by atoms with E-state index in [1.807, 2.05) is 19.1 Å². The van der Waals surface area contributed by atoms with Crippen molar-refractivity contribution in [3.63, 3.8) is 0 Å². The molecule has 0 saturated heterocycles. The molecule has 0 atom stereocenters. The number of ether oxygens (including phenoxy) is 1. The van der Waals surface area contributed by atoms with Gasteiger partial charge in [-0.3, -0.25) is 10.1 Å². The summed E-state index contributed by atoms with van der Waals surface area (Å²) in [4.78, 5) is 28.5. The van der Waals surface area contributed by atoms with E-state index in [1.165, 1.54) is 36.8 Å². The lowest BCUT2D eigenvalue weighted by Crippen LogP contribution is -2.19. The summed E-state index contributed by atoms with van der Waals surface area (Å²) in [5, 5.41) is 9.60. The number of halogens is 1. The van der Waals surface area contributed by atoms with E-state index in [0.717, 1.165) is 16.9 Å². The highest BCUT2D eigenvalue weighted by Gasteiger charge is 2.15. The predicted octanol–water partition coefficient (Wildman–Crippen LogP) is 4.50. The van der Waals surface area contributed by atoms with Crippen LogP contribution in [0.1, 0.15) is 16.1 Å². The lowest BCUT2D eigenvalue weighted by atomic mass is 10.2. The summed E-state index contributed by atoms with van der Waals surface area (Å²) >= 11 is 1.11. The zero-order chi connectivity index (χ0) is 20.1. The molecule has 3 amide bonds. The van der Waals surface area contributed by atoms with E-state index in [4.69, 9.17) is 4.74 Å². The number of hydrogen-bond donors (Lipinski definition) is 3. The standard InChI is InChI=1S/C19H17FN4O3S/c1-11-3-8-14(16(9-11)27-2)22-17(25)15-10-28-19(23-15)24-18(26)21-13-6-4-12(20)5-7-13/h3-10H,1-2H3,(H,22,25)(H2,21,23,24,26). The Hall–Kier alpha value is -3.46. The van der Waals surface area contributed by atoms with E-state index in [9.17, 15) is 14.0 Å². The summed E-state index contributed by atoms with van der Waals surface area (Å²) in [5.41, 5.74) is 2.11. The van der Waals surface area contributed by atoms with Gasteiger partial charge in [-0.05, 0) is 48.9 Å². The summed E-state index contributed by atoms with van der Waals surface area (Å²) in [6.45, 7) is 1.92. The number of urea groups is 1. The smallest absolute Gasteiger partial charge is 0.325 e. The number of carbonyl (C=O) groups is 2. The molecule has 3 rings (SSSR count). The first kappa shape index (κ1) is 19.3. The molecule has 0 aliphatic rings. The molecule has 9 heteroatoms. The van der Waals surface area contributed by atoms with Gasteiger partial charge in [0.25, 0.3) is 5.91 Å². The Morgan fingerprint density at radius 2 is 1.82 bits per heavy atom. The van der Waals surface area contributed by atoms with Gasteiger partial charge < -0.3 is 15.4 Å². The minimum absolute atomic E-state index is 0.157. The largest absolute Gasteiger partial charge is 0.495 e. The quantitative estimate of drug-likeness (QED) is 0.588. The number of hydrogen-bond acceptors (Lipinski definition) is 5. The monoisotopic (exact) mass is 400 g/mol. The first-order valence-electron chi connectivity index (χ1n) is 8.19. The molecule has 1 heterocycles. The van der Waals surface area contributed by atoms with Crippen molar-refractivity contribution in [3.8, 4) is 5.75 Å². The topological polar surface area (TPSA) is 92.4 Å². The van der Waals surface area contributed by atoms with Crippen LogP contribution in [-0.4, -0.2) is 24.0 Å². The summed E-state index contributed by atoms with van der Waals surface area (Å²) in [6.07, 6.45) is 0. The summed E-state index contributed by atoms with van der Waals surface area (Å²) in [7, 11) is 1.52. The van der Waals surface area contributed by atoms with Gasteiger partial charge in [0.2, 0.25) is 0 Å². The van der Waals surface area contributed by atoms with Gasteiger partial charge in [0.05, 0.1) is 12.8 Å². The molecular formula is C19H17FN4O3S. The minimum atomic E-state index is -0.548. The number of anilines is 3. The summed E-state index contributed by atoms with van der Waals surface area (Å²) < 4.78 is 18.2. The van der Waals surface area contributed by atoms with Crippen molar-refractivity contribution in [1.82, 2.24) is 4.98 Å². The van der Waals surface area contributed by atoms with Crippen molar-refractivity contribution in [1.29, 1.82) is 0 Å². The molecule has 0 spiro atoms. The lowest BCUT2D eigenvalue weighted by Gasteiger charge is -2.10. The van der Waals surface area contributed by atoms with Gasteiger partial charge in [-0.2, -0.15) is 0 Å². The van der Waals surface area contributed by atoms with Gasteiger partial charge >= 0.3 is 6.03 Å². The molecule has 0 saturated carbocycles. The Labute approximate surface area is 164 Å². The van der Waals surface area contributed by atoms with Crippen molar-refractivity contribution in [2.75, 3.05) is 23.1 Å². The van der Waals surface area contributed by atoms with Gasteiger partial charge in [-0.1, -0.05) is 6.07 Å². The van der Waals surface area contributed by atoms with Crippen LogP contribution in [0.3, 0.4) is 0 Å². The number of nitrogens with one attached hydrogen (secondary N) is 3. The number of nitrogens with zero attached hydrogens (tertiary/aromatic N) is 1. The number of carbonyl (C=O) groups excluding carboxylic acids is 2. The third-order valence-electron chi connectivity index (χ3n) is 3.66. The normalized spacial score (nSPS) is 10.2. The van der Waals surface area contributed by atoms with Gasteiger partial charge in [0.1, 0.15) is 17.3 Å². The fourth-order valence-corrected chi connectivity index (χ4v) is 3.00. The molecule has 28 heavy (non-hydrogen) atoms. The Morgan fingerprint density at radius 3 is 2.54 bits per heavy atom. The maximum atomic E-state index is 12.9. The third kappa shape index (κ3) is 4.83. The highest BCUT2D eigenvalue weighted by Crippen LogP contribution is 2.26. The zero-order valence-corrected chi connectivity index (χ0v) is 15.9. The Kier molecular flexibility index (Phi) is 5.85. The maximum absolute atomic E-state index is 12.9. The lowest BCUT2D eigenvalue weighted by molar-refractivity contribution is 0.102. The molecule has 7 nitrogen and oxygen atoms in total. The number of rotatable bonds is 5. The fraction of sp³-hybridized carbons (Fsp3) is 0.105. The van der Waals surface area contributed by atoms with Gasteiger partial charge in [-0.25, -0.2) is 14.2 Å². The Balaban J connectivity index is 1.62. The number of thiazole rings is 1. The molecule has 0 aliphatic carbocycles. The third-order valence-corrected chi connectivity index (χ3v) is 4.42. The van der Waals surface area contributed by atoms with Crippen molar-refractivity contribution in [2.24, 2.45) is 0 Å². The summed E-state index contributed by atoms with van der Waals surface area (Å²) in [5.74, 6) is -0.280. The van der Waals surface area contributed by atoms with Crippen LogP contribution in [0.5, 0.6) is 5.75 Å². The van der Waals surface area contributed by atoms with Crippen LogP contribution >= 0.6 is 11.3 Å². The minimum Gasteiger partial charge on any atom is -0.495 e. The van der Waals surface area contributed by atoms with Crippen LogP contribution in [-0.2, 0) is 0 Å². The summed E-state index contributed by atoms with van der Waals surface area (Å²) in [6, 6.07) is 10.2. The maximum Gasteiger partial charge on any atom is 0.325 e. The molecule has 0 radical (unpaired) electrons. The Bertz CT molecular complexity index is 1000. The molecule has 2 aromatic carbocycles. The highest BCUT2D eigenvalue weighted by atomic mass is 32.1. The van der Waals surface area contributed by atoms with Crippen molar-refractivity contribution in [2.45, 2.75) is 6.92 Å².